The Labute approximate surface area is 152 Å². The fourth-order valence-corrected chi connectivity index (χ4v) is 2.51. The van der Waals surface area contributed by atoms with E-state index in [0.717, 1.165) is 51.4 Å². The molecule has 0 saturated heterocycles. The molecule has 0 unspecified atom stereocenters. The Morgan fingerprint density at radius 2 is 1.64 bits per heavy atom. The minimum atomic E-state index is -0.268. The molecule has 0 aliphatic heterocycles. The van der Waals surface area contributed by atoms with E-state index in [-0.39, 0.29) is 10.9 Å². The van der Waals surface area contributed by atoms with E-state index in [1.807, 2.05) is 13.0 Å². The third-order valence-corrected chi connectivity index (χ3v) is 3.97. The molecule has 0 atom stereocenters. The highest BCUT2D eigenvalue weighted by Gasteiger charge is 2.07. The first kappa shape index (κ1) is 23.4. The van der Waals surface area contributed by atoms with Crippen LogP contribution in [-0.4, -0.2) is 17.5 Å². The highest BCUT2D eigenvalue weighted by atomic mass is 16.6. The van der Waals surface area contributed by atoms with E-state index in [1.165, 1.54) is 12.8 Å². The van der Waals surface area contributed by atoms with Crippen LogP contribution in [0.1, 0.15) is 90.9 Å². The number of allylic oxidation sites excluding steroid dienone is 3. The number of nitro groups is 1. The fraction of sp³-hybridized carbons (Fsp3) is 0.750. The highest BCUT2D eigenvalue weighted by Crippen LogP contribution is 2.12. The number of esters is 1. The zero-order valence-corrected chi connectivity index (χ0v) is 16.0. The summed E-state index contributed by atoms with van der Waals surface area (Å²) in [6.07, 6.45) is 16.9. The lowest BCUT2D eigenvalue weighted by atomic mass is 10.1. The number of hydrogen-bond donors (Lipinski definition) is 0. The molecule has 0 bridgehead atoms. The summed E-state index contributed by atoms with van der Waals surface area (Å²) in [6, 6.07) is 0. The van der Waals surface area contributed by atoms with Gasteiger partial charge in [0.2, 0.25) is 5.70 Å². The van der Waals surface area contributed by atoms with Gasteiger partial charge < -0.3 is 4.74 Å². The smallest absolute Gasteiger partial charge is 0.305 e. The van der Waals surface area contributed by atoms with Gasteiger partial charge in [-0.2, -0.15) is 0 Å². The minimum Gasteiger partial charge on any atom is -0.466 e. The summed E-state index contributed by atoms with van der Waals surface area (Å²) in [5.41, 5.74) is 0.300. The van der Waals surface area contributed by atoms with Crippen molar-refractivity contribution in [3.05, 3.63) is 34.0 Å². The summed E-state index contributed by atoms with van der Waals surface area (Å²) in [4.78, 5) is 22.0. The molecule has 5 nitrogen and oxygen atoms in total. The van der Waals surface area contributed by atoms with Crippen molar-refractivity contribution in [1.82, 2.24) is 0 Å². The number of nitrogens with zero attached hydrogens (tertiary/aromatic N) is 1. The predicted octanol–water partition coefficient (Wildman–Crippen LogP) is 5.97. The first-order valence-corrected chi connectivity index (χ1v) is 9.75. The van der Waals surface area contributed by atoms with E-state index in [1.54, 1.807) is 6.08 Å². The van der Waals surface area contributed by atoms with Crippen LogP contribution in [-0.2, 0) is 9.53 Å². The molecule has 0 aromatic heterocycles. The van der Waals surface area contributed by atoms with Crippen LogP contribution in [0.4, 0.5) is 0 Å². The molecule has 0 radical (unpaired) electrons. The molecule has 0 heterocycles. The van der Waals surface area contributed by atoms with Crippen molar-refractivity contribution >= 4 is 5.97 Å². The Balaban J connectivity index is 3.79. The number of carbonyl (C=O) groups excluding carboxylic acids is 1. The quantitative estimate of drug-likeness (QED) is 0.113. The normalized spacial score (nSPS) is 11.8. The van der Waals surface area contributed by atoms with Gasteiger partial charge in [-0.05, 0) is 45.1 Å². The molecule has 0 fully saturated rings. The van der Waals surface area contributed by atoms with Gasteiger partial charge >= 0.3 is 5.97 Å². The van der Waals surface area contributed by atoms with Crippen molar-refractivity contribution in [3.8, 4) is 0 Å². The summed E-state index contributed by atoms with van der Waals surface area (Å²) in [5, 5.41) is 11.0. The molecule has 0 amide bonds. The van der Waals surface area contributed by atoms with Crippen molar-refractivity contribution in [2.24, 2.45) is 0 Å². The fourth-order valence-electron chi connectivity index (χ4n) is 2.51. The Hall–Kier alpha value is -1.65. The van der Waals surface area contributed by atoms with E-state index < -0.39 is 0 Å². The van der Waals surface area contributed by atoms with Gasteiger partial charge in [0.25, 0.3) is 0 Å². The molecule has 0 N–H and O–H groups in total. The number of hydrogen-bond acceptors (Lipinski definition) is 4. The van der Waals surface area contributed by atoms with Gasteiger partial charge in [-0.15, -0.1) is 0 Å². The SMILES string of the molecule is CCCCC/C=C\C/C(=C/CCCCCCCC(=O)OCC)[N+](=O)[O-]. The topological polar surface area (TPSA) is 69.4 Å². The molecule has 0 aromatic carbocycles. The summed E-state index contributed by atoms with van der Waals surface area (Å²) in [5.74, 6) is -0.121. The Kier molecular flexibility index (Phi) is 16.0. The maximum atomic E-state index is 11.2. The minimum absolute atomic E-state index is 0.121. The number of carbonyl (C=O) groups is 1. The second kappa shape index (κ2) is 17.2. The lowest BCUT2D eigenvalue weighted by Gasteiger charge is -2.02. The van der Waals surface area contributed by atoms with Gasteiger partial charge in [0.05, 0.1) is 18.0 Å². The standard InChI is InChI=1S/C20H35NO4/c1-3-5-6-7-10-13-16-19(21(23)24)17-14-11-8-9-12-15-18-20(22)25-4-2/h10,13,17H,3-9,11-12,14-16,18H2,1-2H3/b13-10-,19-17-. The zero-order valence-electron chi connectivity index (χ0n) is 16.0. The van der Waals surface area contributed by atoms with Crippen molar-refractivity contribution in [1.29, 1.82) is 0 Å². The van der Waals surface area contributed by atoms with Crippen LogP contribution in [0, 0.1) is 10.1 Å². The Morgan fingerprint density at radius 1 is 0.960 bits per heavy atom. The molecule has 0 aliphatic carbocycles. The van der Waals surface area contributed by atoms with Crippen LogP contribution in [0.25, 0.3) is 0 Å². The average Bonchev–Trinajstić information content (AvgIpc) is 2.58. The van der Waals surface area contributed by atoms with Gasteiger partial charge in [0.1, 0.15) is 0 Å². The summed E-state index contributed by atoms with van der Waals surface area (Å²) in [6.45, 7) is 4.42. The molecule has 0 aliphatic rings. The molecule has 0 spiro atoms. The van der Waals surface area contributed by atoms with Gasteiger partial charge in [-0.3, -0.25) is 14.9 Å². The maximum Gasteiger partial charge on any atom is 0.305 e. The Bertz CT molecular complexity index is 416. The lowest BCUT2D eigenvalue weighted by Crippen LogP contribution is -2.03. The van der Waals surface area contributed by atoms with Crippen LogP contribution < -0.4 is 0 Å². The van der Waals surface area contributed by atoms with E-state index in [9.17, 15) is 14.9 Å². The molecule has 5 heteroatoms. The molecular weight excluding hydrogens is 318 g/mol. The third kappa shape index (κ3) is 15.6. The average molecular weight is 354 g/mol. The van der Waals surface area contributed by atoms with E-state index in [2.05, 4.69) is 13.0 Å². The second-order valence-electron chi connectivity index (χ2n) is 6.24. The molecule has 0 saturated carbocycles. The van der Waals surface area contributed by atoms with Gasteiger partial charge in [0.15, 0.2) is 0 Å². The van der Waals surface area contributed by atoms with Crippen LogP contribution >= 0.6 is 0 Å². The third-order valence-electron chi connectivity index (χ3n) is 3.97. The van der Waals surface area contributed by atoms with Crippen molar-refractivity contribution in [2.75, 3.05) is 6.61 Å². The predicted molar refractivity (Wildman–Crippen MR) is 102 cm³/mol. The highest BCUT2D eigenvalue weighted by molar-refractivity contribution is 5.69. The monoisotopic (exact) mass is 353 g/mol. The Morgan fingerprint density at radius 3 is 2.32 bits per heavy atom. The summed E-state index contributed by atoms with van der Waals surface area (Å²) >= 11 is 0. The number of unbranched alkanes of at least 4 members (excludes halogenated alkanes) is 8. The van der Waals surface area contributed by atoms with Crippen LogP contribution in [0.2, 0.25) is 0 Å². The molecule has 25 heavy (non-hydrogen) atoms. The second-order valence-corrected chi connectivity index (χ2v) is 6.24. The summed E-state index contributed by atoms with van der Waals surface area (Å²) in [7, 11) is 0. The molecule has 0 aromatic rings. The number of rotatable bonds is 16. The van der Waals surface area contributed by atoms with E-state index >= 15 is 0 Å². The van der Waals surface area contributed by atoms with Crippen molar-refractivity contribution in [3.63, 3.8) is 0 Å². The largest absolute Gasteiger partial charge is 0.466 e. The first-order valence-electron chi connectivity index (χ1n) is 9.75. The van der Waals surface area contributed by atoms with Crippen LogP contribution in [0.5, 0.6) is 0 Å². The summed E-state index contributed by atoms with van der Waals surface area (Å²) < 4.78 is 4.88. The van der Waals surface area contributed by atoms with E-state index in [4.69, 9.17) is 4.74 Å². The molecular formula is C20H35NO4. The number of ether oxygens (including phenoxy) is 1. The van der Waals surface area contributed by atoms with Crippen molar-refractivity contribution < 1.29 is 14.5 Å². The van der Waals surface area contributed by atoms with Gasteiger partial charge in [-0.25, -0.2) is 0 Å². The molecule has 0 rings (SSSR count). The molecule has 144 valence electrons. The lowest BCUT2D eigenvalue weighted by molar-refractivity contribution is -0.427. The zero-order chi connectivity index (χ0) is 18.8. The van der Waals surface area contributed by atoms with Crippen molar-refractivity contribution in [2.45, 2.75) is 90.9 Å². The maximum absolute atomic E-state index is 11.2. The van der Waals surface area contributed by atoms with Gasteiger partial charge in [0, 0.05) is 6.42 Å². The first-order chi connectivity index (χ1) is 12.1. The van der Waals surface area contributed by atoms with Crippen LogP contribution in [0.15, 0.2) is 23.9 Å². The van der Waals surface area contributed by atoms with Gasteiger partial charge in [-0.1, -0.05) is 51.2 Å². The van der Waals surface area contributed by atoms with E-state index in [0.29, 0.717) is 25.1 Å². The van der Waals surface area contributed by atoms with Crippen LogP contribution in [0.3, 0.4) is 0 Å².